The third-order valence-corrected chi connectivity index (χ3v) is 2.54. The van der Waals surface area contributed by atoms with Crippen molar-refractivity contribution in [1.29, 1.82) is 0 Å². The molecule has 1 aromatic rings. The Bertz CT molecular complexity index is 257. The normalized spacial score (nSPS) is 18.3. The van der Waals surface area contributed by atoms with Crippen LogP contribution in [0.5, 0.6) is 0 Å². The molecule has 0 N–H and O–H groups in total. The molecule has 0 atom stereocenters. The zero-order chi connectivity index (χ0) is 9.64. The van der Waals surface area contributed by atoms with Crippen LogP contribution in [-0.2, 0) is 11.2 Å². The van der Waals surface area contributed by atoms with E-state index in [-0.39, 0.29) is 0 Å². The minimum Gasteiger partial charge on any atom is -0.379 e. The average molecular weight is 192 g/mol. The molecule has 2 heterocycles. The number of hydrogen-bond acceptors (Lipinski definition) is 3. The fraction of sp³-hybridized carbons (Fsp3) is 0.545. The maximum atomic E-state index is 5.30. The highest BCUT2D eigenvalue weighted by Gasteiger charge is 2.09. The van der Waals surface area contributed by atoms with E-state index in [0.29, 0.717) is 0 Å². The molecule has 3 nitrogen and oxygen atoms in total. The highest BCUT2D eigenvalue weighted by atomic mass is 16.5. The van der Waals surface area contributed by atoms with Crippen LogP contribution in [0.25, 0.3) is 0 Å². The van der Waals surface area contributed by atoms with Crippen molar-refractivity contribution in [3.8, 4) is 0 Å². The van der Waals surface area contributed by atoms with Crippen LogP contribution >= 0.6 is 0 Å². The first-order chi connectivity index (χ1) is 6.95. The first kappa shape index (κ1) is 9.62. The summed E-state index contributed by atoms with van der Waals surface area (Å²) < 4.78 is 5.30. The summed E-state index contributed by atoms with van der Waals surface area (Å²) in [6.45, 7) is 5.02. The van der Waals surface area contributed by atoms with Crippen LogP contribution < -0.4 is 0 Å². The van der Waals surface area contributed by atoms with Gasteiger partial charge in [0.2, 0.25) is 0 Å². The second-order valence-electron chi connectivity index (χ2n) is 3.57. The number of aromatic nitrogens is 1. The van der Waals surface area contributed by atoms with E-state index < -0.39 is 0 Å². The lowest BCUT2D eigenvalue weighted by Crippen LogP contribution is -2.37. The van der Waals surface area contributed by atoms with Crippen LogP contribution in [0.4, 0.5) is 0 Å². The number of morpholine rings is 1. The summed E-state index contributed by atoms with van der Waals surface area (Å²) in [7, 11) is 0. The van der Waals surface area contributed by atoms with Crippen LogP contribution in [-0.4, -0.2) is 42.7 Å². The lowest BCUT2D eigenvalue weighted by Gasteiger charge is -2.26. The molecular formula is C11H16N2O. The average Bonchev–Trinajstić information content (AvgIpc) is 2.29. The molecule has 0 bridgehead atoms. The third kappa shape index (κ3) is 2.79. The fourth-order valence-electron chi connectivity index (χ4n) is 1.66. The maximum Gasteiger partial charge on any atom is 0.0594 e. The Morgan fingerprint density at radius 1 is 1.36 bits per heavy atom. The van der Waals surface area contributed by atoms with E-state index in [1.165, 1.54) is 5.56 Å². The fourth-order valence-corrected chi connectivity index (χ4v) is 1.66. The Morgan fingerprint density at radius 2 is 2.21 bits per heavy atom. The minimum atomic E-state index is 0.882. The Kier molecular flexibility index (Phi) is 3.49. The van der Waals surface area contributed by atoms with Gasteiger partial charge in [0.05, 0.1) is 13.2 Å². The smallest absolute Gasteiger partial charge is 0.0594 e. The quantitative estimate of drug-likeness (QED) is 0.713. The van der Waals surface area contributed by atoms with E-state index in [9.17, 15) is 0 Å². The summed E-state index contributed by atoms with van der Waals surface area (Å²) in [6.07, 6.45) is 4.85. The largest absolute Gasteiger partial charge is 0.379 e. The van der Waals surface area contributed by atoms with E-state index in [1.807, 2.05) is 18.5 Å². The Balaban J connectivity index is 1.76. The molecule has 0 radical (unpaired) electrons. The Labute approximate surface area is 84.7 Å². The molecule has 0 spiro atoms. The molecule has 1 saturated heterocycles. The topological polar surface area (TPSA) is 25.4 Å². The summed E-state index contributed by atoms with van der Waals surface area (Å²) in [5.41, 5.74) is 1.32. The SMILES string of the molecule is c1cncc(CCN2CCOCC2)c1. The molecule has 1 aromatic heterocycles. The Hall–Kier alpha value is -0.930. The lowest BCUT2D eigenvalue weighted by atomic mass is 10.2. The van der Waals surface area contributed by atoms with Gasteiger partial charge in [0.15, 0.2) is 0 Å². The van der Waals surface area contributed by atoms with Gasteiger partial charge in [0, 0.05) is 32.0 Å². The van der Waals surface area contributed by atoms with Gasteiger partial charge in [-0.25, -0.2) is 0 Å². The van der Waals surface area contributed by atoms with Gasteiger partial charge < -0.3 is 4.74 Å². The summed E-state index contributed by atoms with van der Waals surface area (Å²) in [5, 5.41) is 0. The second kappa shape index (κ2) is 5.08. The Morgan fingerprint density at radius 3 is 2.93 bits per heavy atom. The zero-order valence-corrected chi connectivity index (χ0v) is 8.35. The highest BCUT2D eigenvalue weighted by molar-refractivity contribution is 5.08. The zero-order valence-electron chi connectivity index (χ0n) is 8.35. The van der Waals surface area contributed by atoms with Crippen molar-refractivity contribution < 1.29 is 4.74 Å². The van der Waals surface area contributed by atoms with E-state index in [1.54, 1.807) is 0 Å². The molecule has 2 rings (SSSR count). The number of ether oxygens (including phenoxy) is 1. The lowest BCUT2D eigenvalue weighted by molar-refractivity contribution is 0.0384. The van der Waals surface area contributed by atoms with Gasteiger partial charge in [0.25, 0.3) is 0 Å². The first-order valence-electron chi connectivity index (χ1n) is 5.14. The van der Waals surface area contributed by atoms with Crippen molar-refractivity contribution in [3.05, 3.63) is 30.1 Å². The number of hydrogen-bond donors (Lipinski definition) is 0. The van der Waals surface area contributed by atoms with Gasteiger partial charge in [-0.05, 0) is 18.1 Å². The van der Waals surface area contributed by atoms with Gasteiger partial charge in [-0.2, -0.15) is 0 Å². The van der Waals surface area contributed by atoms with Crippen LogP contribution in [0, 0.1) is 0 Å². The van der Waals surface area contributed by atoms with Crippen LogP contribution in [0.1, 0.15) is 5.56 Å². The molecule has 14 heavy (non-hydrogen) atoms. The predicted molar refractivity (Wildman–Crippen MR) is 55.2 cm³/mol. The summed E-state index contributed by atoms with van der Waals surface area (Å²) in [6, 6.07) is 4.13. The molecule has 1 fully saturated rings. The molecule has 1 aliphatic rings. The van der Waals surface area contributed by atoms with Crippen molar-refractivity contribution in [2.75, 3.05) is 32.8 Å². The predicted octanol–water partition coefficient (Wildman–Crippen LogP) is 0.956. The summed E-state index contributed by atoms with van der Waals surface area (Å²) in [4.78, 5) is 6.55. The summed E-state index contributed by atoms with van der Waals surface area (Å²) in [5.74, 6) is 0. The van der Waals surface area contributed by atoms with Gasteiger partial charge in [-0.1, -0.05) is 6.07 Å². The van der Waals surface area contributed by atoms with Gasteiger partial charge >= 0.3 is 0 Å². The maximum absolute atomic E-state index is 5.30. The molecule has 0 saturated carbocycles. The molecular weight excluding hydrogens is 176 g/mol. The van der Waals surface area contributed by atoms with Crippen molar-refractivity contribution in [2.24, 2.45) is 0 Å². The number of pyridine rings is 1. The number of rotatable bonds is 3. The minimum absolute atomic E-state index is 0.882. The van der Waals surface area contributed by atoms with E-state index in [4.69, 9.17) is 4.74 Å². The highest BCUT2D eigenvalue weighted by Crippen LogP contribution is 2.01. The van der Waals surface area contributed by atoms with Gasteiger partial charge in [0.1, 0.15) is 0 Å². The molecule has 1 aliphatic heterocycles. The van der Waals surface area contributed by atoms with E-state index in [0.717, 1.165) is 39.3 Å². The van der Waals surface area contributed by atoms with Crippen molar-refractivity contribution >= 4 is 0 Å². The van der Waals surface area contributed by atoms with Crippen LogP contribution in [0.15, 0.2) is 24.5 Å². The first-order valence-corrected chi connectivity index (χ1v) is 5.14. The molecule has 0 aromatic carbocycles. The molecule has 0 amide bonds. The monoisotopic (exact) mass is 192 g/mol. The van der Waals surface area contributed by atoms with Gasteiger partial charge in [-0.15, -0.1) is 0 Å². The number of nitrogens with zero attached hydrogens (tertiary/aromatic N) is 2. The molecule has 0 unspecified atom stereocenters. The molecule has 76 valence electrons. The van der Waals surface area contributed by atoms with Gasteiger partial charge in [-0.3, -0.25) is 9.88 Å². The van der Waals surface area contributed by atoms with Crippen LogP contribution in [0.3, 0.4) is 0 Å². The third-order valence-electron chi connectivity index (χ3n) is 2.54. The van der Waals surface area contributed by atoms with E-state index >= 15 is 0 Å². The van der Waals surface area contributed by atoms with Crippen molar-refractivity contribution in [1.82, 2.24) is 9.88 Å². The molecule has 3 heteroatoms. The second-order valence-corrected chi connectivity index (χ2v) is 3.57. The molecule has 0 aliphatic carbocycles. The van der Waals surface area contributed by atoms with E-state index in [2.05, 4.69) is 16.0 Å². The van der Waals surface area contributed by atoms with Crippen molar-refractivity contribution in [3.63, 3.8) is 0 Å². The summed E-state index contributed by atoms with van der Waals surface area (Å²) >= 11 is 0. The van der Waals surface area contributed by atoms with Crippen LogP contribution in [0.2, 0.25) is 0 Å². The standard InChI is InChI=1S/C11H16N2O/c1-2-11(10-12-4-1)3-5-13-6-8-14-9-7-13/h1-2,4,10H,3,5-9H2. The van der Waals surface area contributed by atoms with Crippen molar-refractivity contribution in [2.45, 2.75) is 6.42 Å².